The third-order valence-corrected chi connectivity index (χ3v) is 2.61. The lowest BCUT2D eigenvalue weighted by molar-refractivity contribution is 1.26. The van der Waals surface area contributed by atoms with Gasteiger partial charge in [-0.2, -0.15) is 0 Å². The molecule has 0 saturated carbocycles. The monoisotopic (exact) mass is 211 g/mol. The minimum absolute atomic E-state index is 0.664. The van der Waals surface area contributed by atoms with Gasteiger partial charge in [-0.05, 0) is 19.1 Å². The van der Waals surface area contributed by atoms with E-state index in [0.717, 1.165) is 16.6 Å². The summed E-state index contributed by atoms with van der Waals surface area (Å²) in [5.41, 5.74) is 1.62. The number of hydrogen-bond acceptors (Lipinski definition) is 1. The Morgan fingerprint density at radius 2 is 1.92 bits per heavy atom. The van der Waals surface area contributed by atoms with E-state index in [4.69, 9.17) is 23.2 Å². The lowest BCUT2D eigenvalue weighted by Crippen LogP contribution is -1.85. The standard InChI is InChI=1S/C10H7Cl2N/c1-6-9(12)5-7-3-2-4-8(11)10(7)13-6/h2-5H,1H3. The van der Waals surface area contributed by atoms with Crippen LogP contribution < -0.4 is 0 Å². The van der Waals surface area contributed by atoms with Gasteiger partial charge in [-0.3, -0.25) is 4.98 Å². The quantitative estimate of drug-likeness (QED) is 0.646. The molecule has 0 amide bonds. The van der Waals surface area contributed by atoms with Crippen LogP contribution in [0.4, 0.5) is 0 Å². The van der Waals surface area contributed by atoms with E-state index >= 15 is 0 Å². The number of hydrogen-bond donors (Lipinski definition) is 0. The average molecular weight is 212 g/mol. The van der Waals surface area contributed by atoms with Crippen LogP contribution in [0.2, 0.25) is 10.0 Å². The van der Waals surface area contributed by atoms with Crippen molar-refractivity contribution in [2.75, 3.05) is 0 Å². The van der Waals surface area contributed by atoms with Gasteiger partial charge in [-0.15, -0.1) is 0 Å². The highest BCUT2D eigenvalue weighted by atomic mass is 35.5. The Labute approximate surface area is 86.3 Å². The molecule has 0 aliphatic heterocycles. The SMILES string of the molecule is Cc1nc2c(Cl)cccc2cc1Cl. The normalized spacial score (nSPS) is 10.7. The fourth-order valence-corrected chi connectivity index (χ4v) is 1.61. The summed E-state index contributed by atoms with van der Waals surface area (Å²) in [4.78, 5) is 4.31. The van der Waals surface area contributed by atoms with Gasteiger partial charge in [0.25, 0.3) is 0 Å². The zero-order valence-corrected chi connectivity index (χ0v) is 8.52. The van der Waals surface area contributed by atoms with E-state index in [1.165, 1.54) is 0 Å². The Bertz CT molecular complexity index is 466. The maximum atomic E-state index is 5.98. The highest BCUT2D eigenvalue weighted by Gasteiger charge is 2.03. The van der Waals surface area contributed by atoms with Crippen molar-refractivity contribution in [2.45, 2.75) is 6.92 Å². The molecule has 13 heavy (non-hydrogen) atoms. The lowest BCUT2D eigenvalue weighted by atomic mass is 10.2. The Kier molecular flexibility index (Phi) is 2.14. The highest BCUT2D eigenvalue weighted by molar-refractivity contribution is 6.36. The first-order valence-electron chi connectivity index (χ1n) is 3.90. The van der Waals surface area contributed by atoms with Crippen LogP contribution >= 0.6 is 23.2 Å². The van der Waals surface area contributed by atoms with Crippen molar-refractivity contribution >= 4 is 34.1 Å². The number of benzene rings is 1. The molecule has 0 fully saturated rings. The predicted molar refractivity (Wildman–Crippen MR) is 56.5 cm³/mol. The molecule has 0 aliphatic rings. The fourth-order valence-electron chi connectivity index (χ4n) is 1.23. The van der Waals surface area contributed by atoms with Gasteiger partial charge in [0.15, 0.2) is 0 Å². The molecule has 0 atom stereocenters. The number of rotatable bonds is 0. The summed E-state index contributed by atoms with van der Waals surface area (Å²) in [6.07, 6.45) is 0. The summed E-state index contributed by atoms with van der Waals surface area (Å²) in [6, 6.07) is 7.53. The molecule has 0 saturated heterocycles. The second kappa shape index (κ2) is 3.17. The van der Waals surface area contributed by atoms with Gasteiger partial charge in [-0.1, -0.05) is 35.3 Å². The molecule has 0 bridgehead atoms. The van der Waals surface area contributed by atoms with Gasteiger partial charge < -0.3 is 0 Å². The Hall–Kier alpha value is -0.790. The summed E-state index contributed by atoms with van der Waals surface area (Å²) < 4.78 is 0. The Morgan fingerprint density at radius 1 is 1.15 bits per heavy atom. The van der Waals surface area contributed by atoms with Crippen LogP contribution in [0.5, 0.6) is 0 Å². The number of nitrogens with zero attached hydrogens (tertiary/aromatic N) is 1. The van der Waals surface area contributed by atoms with E-state index in [2.05, 4.69) is 4.98 Å². The van der Waals surface area contributed by atoms with Crippen LogP contribution in [-0.2, 0) is 0 Å². The minimum atomic E-state index is 0.664. The van der Waals surface area contributed by atoms with E-state index < -0.39 is 0 Å². The molecule has 1 heterocycles. The molecule has 2 aromatic rings. The van der Waals surface area contributed by atoms with Gasteiger partial charge in [0.05, 0.1) is 21.3 Å². The maximum Gasteiger partial charge on any atom is 0.0892 e. The molecule has 2 rings (SSSR count). The van der Waals surface area contributed by atoms with Gasteiger partial charge >= 0.3 is 0 Å². The second-order valence-electron chi connectivity index (χ2n) is 2.87. The molecule has 1 aromatic carbocycles. The van der Waals surface area contributed by atoms with E-state index in [0.29, 0.717) is 10.0 Å². The number of para-hydroxylation sites is 1. The first-order valence-corrected chi connectivity index (χ1v) is 4.65. The number of fused-ring (bicyclic) bond motifs is 1. The lowest BCUT2D eigenvalue weighted by Gasteiger charge is -2.02. The largest absolute Gasteiger partial charge is 0.250 e. The van der Waals surface area contributed by atoms with Gasteiger partial charge in [-0.25, -0.2) is 0 Å². The predicted octanol–water partition coefficient (Wildman–Crippen LogP) is 3.85. The molecule has 0 spiro atoms. The van der Waals surface area contributed by atoms with Gasteiger partial charge in [0, 0.05) is 5.39 Å². The van der Waals surface area contributed by atoms with Crippen LogP contribution in [-0.4, -0.2) is 4.98 Å². The van der Waals surface area contributed by atoms with Crippen LogP contribution in [0.25, 0.3) is 10.9 Å². The summed E-state index contributed by atoms with van der Waals surface area (Å²) in [5.74, 6) is 0. The second-order valence-corrected chi connectivity index (χ2v) is 3.68. The molecule has 0 aliphatic carbocycles. The van der Waals surface area contributed by atoms with Crippen LogP contribution in [0.1, 0.15) is 5.69 Å². The maximum absolute atomic E-state index is 5.98. The summed E-state index contributed by atoms with van der Waals surface area (Å²) >= 11 is 11.9. The van der Waals surface area contributed by atoms with Crippen molar-refractivity contribution in [3.8, 4) is 0 Å². The molecule has 66 valence electrons. The van der Waals surface area contributed by atoms with Crippen molar-refractivity contribution in [1.82, 2.24) is 4.98 Å². The minimum Gasteiger partial charge on any atom is -0.250 e. The summed E-state index contributed by atoms with van der Waals surface area (Å²) in [6.45, 7) is 1.87. The summed E-state index contributed by atoms with van der Waals surface area (Å²) in [7, 11) is 0. The molecule has 1 aromatic heterocycles. The van der Waals surface area contributed by atoms with Gasteiger partial charge in [0.2, 0.25) is 0 Å². The van der Waals surface area contributed by atoms with Crippen LogP contribution in [0.3, 0.4) is 0 Å². The number of aromatic nitrogens is 1. The van der Waals surface area contributed by atoms with Crippen molar-refractivity contribution in [3.63, 3.8) is 0 Å². The topological polar surface area (TPSA) is 12.9 Å². The molecule has 0 unspecified atom stereocenters. The van der Waals surface area contributed by atoms with E-state index in [-0.39, 0.29) is 0 Å². The first kappa shape index (κ1) is 8.79. The zero-order chi connectivity index (χ0) is 9.42. The molecule has 3 heteroatoms. The van der Waals surface area contributed by atoms with E-state index in [1.54, 1.807) is 0 Å². The van der Waals surface area contributed by atoms with Crippen molar-refractivity contribution in [2.24, 2.45) is 0 Å². The van der Waals surface area contributed by atoms with Crippen LogP contribution in [0.15, 0.2) is 24.3 Å². The number of pyridine rings is 1. The summed E-state index contributed by atoms with van der Waals surface area (Å²) in [5, 5.41) is 2.31. The molecule has 1 nitrogen and oxygen atoms in total. The zero-order valence-electron chi connectivity index (χ0n) is 7.01. The van der Waals surface area contributed by atoms with E-state index in [9.17, 15) is 0 Å². The van der Waals surface area contributed by atoms with E-state index in [1.807, 2.05) is 31.2 Å². The molecule has 0 N–H and O–H groups in total. The number of aryl methyl sites for hydroxylation is 1. The van der Waals surface area contributed by atoms with Crippen LogP contribution in [0, 0.1) is 6.92 Å². The molecular formula is C10H7Cl2N. The van der Waals surface area contributed by atoms with Gasteiger partial charge in [0.1, 0.15) is 0 Å². The molecule has 0 radical (unpaired) electrons. The first-order chi connectivity index (χ1) is 6.18. The number of halogens is 2. The average Bonchev–Trinajstić information content (AvgIpc) is 2.09. The third-order valence-electron chi connectivity index (χ3n) is 1.93. The highest BCUT2D eigenvalue weighted by Crippen LogP contribution is 2.25. The Morgan fingerprint density at radius 3 is 2.69 bits per heavy atom. The van der Waals surface area contributed by atoms with Crippen molar-refractivity contribution in [3.05, 3.63) is 40.0 Å². The Balaban J connectivity index is 2.89. The van der Waals surface area contributed by atoms with Crippen molar-refractivity contribution < 1.29 is 0 Å². The smallest absolute Gasteiger partial charge is 0.0892 e. The fraction of sp³-hybridized carbons (Fsp3) is 0.100. The third kappa shape index (κ3) is 1.50. The van der Waals surface area contributed by atoms with Crippen molar-refractivity contribution in [1.29, 1.82) is 0 Å². The molecular weight excluding hydrogens is 205 g/mol.